The molecule has 0 unspecified atom stereocenters. The lowest BCUT2D eigenvalue weighted by molar-refractivity contribution is -0.274. The number of ketones is 1. The van der Waals surface area contributed by atoms with Crippen LogP contribution in [0.15, 0.2) is 30.5 Å². The third-order valence-electron chi connectivity index (χ3n) is 6.83. The molecule has 1 aliphatic rings. The van der Waals surface area contributed by atoms with E-state index < -0.39 is 6.36 Å². The highest BCUT2D eigenvalue weighted by molar-refractivity contribution is 6.38. The molecule has 5 nitrogen and oxygen atoms in total. The first-order chi connectivity index (χ1) is 17.3. The van der Waals surface area contributed by atoms with Crippen LogP contribution >= 0.6 is 23.2 Å². The predicted octanol–water partition coefficient (Wildman–Crippen LogP) is 7.11. The number of amides is 1. The van der Waals surface area contributed by atoms with Gasteiger partial charge in [-0.15, -0.1) is 13.2 Å². The summed E-state index contributed by atoms with van der Waals surface area (Å²) in [6.07, 6.45) is -0.627. The van der Waals surface area contributed by atoms with Gasteiger partial charge in [-0.05, 0) is 67.5 Å². The van der Waals surface area contributed by atoms with Gasteiger partial charge in [0.05, 0.1) is 16.1 Å². The highest BCUT2D eigenvalue weighted by Gasteiger charge is 2.32. The SMILES string of the molecule is CC(=O)CC1CCN(C(=O)c2ccc(Cl)c(Cc3cn(C)c4cc(OC(F)(F)F)cc(C)c34)c2Cl)CC1. The van der Waals surface area contributed by atoms with Crippen LogP contribution in [-0.2, 0) is 18.3 Å². The van der Waals surface area contributed by atoms with Crippen LogP contribution in [0.25, 0.3) is 10.9 Å². The maximum Gasteiger partial charge on any atom is 0.573 e. The van der Waals surface area contributed by atoms with Crippen LogP contribution in [-0.4, -0.2) is 40.6 Å². The largest absolute Gasteiger partial charge is 0.573 e. The zero-order chi connectivity index (χ0) is 27.1. The van der Waals surface area contributed by atoms with E-state index in [-0.39, 0.29) is 34.8 Å². The molecule has 1 fully saturated rings. The molecule has 1 aromatic heterocycles. The third kappa shape index (κ3) is 6.07. The fourth-order valence-corrected chi connectivity index (χ4v) is 5.74. The number of rotatable bonds is 6. The second-order valence-electron chi connectivity index (χ2n) is 9.65. The molecule has 3 aromatic rings. The second kappa shape index (κ2) is 10.6. The minimum atomic E-state index is -4.79. The molecule has 1 saturated heterocycles. The van der Waals surface area contributed by atoms with Crippen molar-refractivity contribution in [3.8, 4) is 5.75 Å². The first-order valence-corrected chi connectivity index (χ1v) is 12.7. The zero-order valence-corrected chi connectivity index (χ0v) is 22.2. The lowest BCUT2D eigenvalue weighted by atomic mass is 9.91. The fourth-order valence-electron chi connectivity index (χ4n) is 5.16. The van der Waals surface area contributed by atoms with Crippen molar-refractivity contribution in [3.63, 3.8) is 0 Å². The number of fused-ring (bicyclic) bond motifs is 1. The maximum absolute atomic E-state index is 13.3. The lowest BCUT2D eigenvalue weighted by Gasteiger charge is -2.32. The van der Waals surface area contributed by atoms with E-state index >= 15 is 0 Å². The first-order valence-electron chi connectivity index (χ1n) is 11.9. The van der Waals surface area contributed by atoms with E-state index in [2.05, 4.69) is 4.74 Å². The van der Waals surface area contributed by atoms with E-state index in [9.17, 15) is 22.8 Å². The average Bonchev–Trinajstić information content (AvgIpc) is 3.10. The Morgan fingerprint density at radius 2 is 1.81 bits per heavy atom. The number of halogens is 5. The van der Waals surface area contributed by atoms with Gasteiger partial charge in [0.1, 0.15) is 11.5 Å². The Morgan fingerprint density at radius 3 is 2.43 bits per heavy atom. The molecule has 0 atom stereocenters. The number of hydrogen-bond acceptors (Lipinski definition) is 3. The molecule has 0 aliphatic carbocycles. The van der Waals surface area contributed by atoms with Gasteiger partial charge in [-0.25, -0.2) is 0 Å². The number of ether oxygens (including phenoxy) is 1. The highest BCUT2D eigenvalue weighted by Crippen LogP contribution is 2.37. The van der Waals surface area contributed by atoms with Gasteiger partial charge in [-0.1, -0.05) is 23.2 Å². The number of carbonyl (C=O) groups is 2. The molecule has 2 aromatic carbocycles. The molecule has 1 aliphatic heterocycles. The minimum Gasteiger partial charge on any atom is -0.406 e. The normalized spacial score (nSPS) is 14.9. The van der Waals surface area contributed by atoms with Crippen molar-refractivity contribution in [1.29, 1.82) is 0 Å². The molecule has 0 bridgehead atoms. The molecular weight excluding hydrogens is 528 g/mol. The van der Waals surface area contributed by atoms with Gasteiger partial charge in [-0.2, -0.15) is 0 Å². The number of Topliss-reactive ketones (excluding diaryl/α,β-unsaturated/α-hetero) is 1. The van der Waals surface area contributed by atoms with E-state index in [1.165, 1.54) is 12.1 Å². The molecule has 0 saturated carbocycles. The third-order valence-corrected chi connectivity index (χ3v) is 7.62. The van der Waals surface area contributed by atoms with Crippen LogP contribution in [0.5, 0.6) is 5.75 Å². The summed E-state index contributed by atoms with van der Waals surface area (Å²) in [5, 5.41) is 1.43. The number of aromatic nitrogens is 1. The number of benzene rings is 2. The average molecular weight is 555 g/mol. The quantitative estimate of drug-likeness (QED) is 0.326. The summed E-state index contributed by atoms with van der Waals surface area (Å²) in [5.74, 6) is -0.0365. The second-order valence-corrected chi connectivity index (χ2v) is 10.4. The smallest absolute Gasteiger partial charge is 0.406 e. The number of nitrogens with zero attached hydrogens (tertiary/aromatic N) is 2. The summed E-state index contributed by atoms with van der Waals surface area (Å²) >= 11 is 13.3. The summed E-state index contributed by atoms with van der Waals surface area (Å²) in [7, 11) is 1.74. The van der Waals surface area contributed by atoms with Crippen LogP contribution in [0.2, 0.25) is 10.0 Å². The monoisotopic (exact) mass is 554 g/mol. The topological polar surface area (TPSA) is 51.5 Å². The van der Waals surface area contributed by atoms with E-state index in [0.717, 1.165) is 23.8 Å². The molecule has 1 amide bonds. The summed E-state index contributed by atoms with van der Waals surface area (Å²) in [5.41, 5.74) is 2.92. The van der Waals surface area contributed by atoms with Crippen molar-refractivity contribution in [2.75, 3.05) is 13.1 Å². The van der Waals surface area contributed by atoms with E-state index in [4.69, 9.17) is 23.2 Å². The van der Waals surface area contributed by atoms with Crippen molar-refractivity contribution in [1.82, 2.24) is 9.47 Å². The highest BCUT2D eigenvalue weighted by atomic mass is 35.5. The molecular formula is C27H27Cl2F3N2O3. The predicted molar refractivity (Wildman–Crippen MR) is 138 cm³/mol. The molecule has 0 radical (unpaired) electrons. The molecule has 0 spiro atoms. The number of piperidine rings is 1. The molecule has 10 heteroatoms. The summed E-state index contributed by atoms with van der Waals surface area (Å²) in [6.45, 7) is 4.40. The Balaban J connectivity index is 1.62. The Bertz CT molecular complexity index is 1360. The maximum atomic E-state index is 13.3. The van der Waals surface area contributed by atoms with Crippen LogP contribution in [0, 0.1) is 12.8 Å². The van der Waals surface area contributed by atoms with Crippen molar-refractivity contribution in [3.05, 3.63) is 62.8 Å². The van der Waals surface area contributed by atoms with Crippen LogP contribution in [0.3, 0.4) is 0 Å². The standard InChI is InChI=1S/C27H27Cl2F3N2O3/c1-15-10-19(37-27(30,31)32)13-23-24(15)18(14-33(23)3)12-21-22(28)5-4-20(25(21)29)26(36)34-8-6-17(7-9-34)11-16(2)35/h4-5,10,13-14,17H,6-9,11-12H2,1-3H3. The first kappa shape index (κ1) is 27.3. The van der Waals surface area contributed by atoms with Crippen molar-refractivity contribution >= 4 is 45.8 Å². The van der Waals surface area contributed by atoms with Gasteiger partial charge >= 0.3 is 6.36 Å². The number of carbonyl (C=O) groups excluding carboxylic acids is 2. The molecule has 37 heavy (non-hydrogen) atoms. The minimum absolute atomic E-state index is 0.155. The Morgan fingerprint density at radius 1 is 1.14 bits per heavy atom. The van der Waals surface area contributed by atoms with Crippen LogP contribution in [0.4, 0.5) is 13.2 Å². The van der Waals surface area contributed by atoms with Crippen molar-refractivity contribution < 1.29 is 27.5 Å². The van der Waals surface area contributed by atoms with Crippen molar-refractivity contribution in [2.24, 2.45) is 13.0 Å². The Kier molecular flexibility index (Phi) is 7.81. The number of hydrogen-bond donors (Lipinski definition) is 0. The molecule has 198 valence electrons. The van der Waals surface area contributed by atoms with E-state index in [0.29, 0.717) is 46.7 Å². The number of alkyl halides is 3. The van der Waals surface area contributed by atoms with Gasteiger partial charge in [0.2, 0.25) is 0 Å². The van der Waals surface area contributed by atoms with Gasteiger partial charge < -0.3 is 19.0 Å². The van der Waals surface area contributed by atoms with Gasteiger partial charge in [0.15, 0.2) is 0 Å². The summed E-state index contributed by atoms with van der Waals surface area (Å²) < 4.78 is 44.1. The van der Waals surface area contributed by atoms with Gasteiger partial charge in [0.25, 0.3) is 5.91 Å². The van der Waals surface area contributed by atoms with E-state index in [1.54, 1.807) is 42.5 Å². The van der Waals surface area contributed by atoms with E-state index in [1.807, 2.05) is 6.20 Å². The number of likely N-dealkylation sites (tertiary alicyclic amines) is 1. The van der Waals surface area contributed by atoms with Gasteiger partial charge in [-0.3, -0.25) is 4.79 Å². The van der Waals surface area contributed by atoms with Crippen molar-refractivity contribution in [2.45, 2.75) is 45.9 Å². The molecule has 2 heterocycles. The Hall–Kier alpha value is -2.71. The lowest BCUT2D eigenvalue weighted by Crippen LogP contribution is -2.39. The fraction of sp³-hybridized carbons (Fsp3) is 0.407. The van der Waals surface area contributed by atoms with Crippen LogP contribution in [0.1, 0.15) is 53.2 Å². The Labute approximate surface area is 223 Å². The summed E-state index contributed by atoms with van der Waals surface area (Å²) in [4.78, 5) is 26.5. The summed E-state index contributed by atoms with van der Waals surface area (Å²) in [6, 6.07) is 5.95. The molecule has 0 N–H and O–H groups in total. The number of aryl methyl sites for hydroxylation is 2. The zero-order valence-electron chi connectivity index (χ0n) is 20.7. The van der Waals surface area contributed by atoms with Gasteiger partial charge in [0, 0.05) is 55.7 Å². The van der Waals surface area contributed by atoms with Crippen LogP contribution < -0.4 is 4.74 Å². The molecule has 4 rings (SSSR count).